The van der Waals surface area contributed by atoms with Gasteiger partial charge in [0.05, 0.1) is 5.69 Å². The molecule has 1 aliphatic rings. The summed E-state index contributed by atoms with van der Waals surface area (Å²) in [6, 6.07) is 16.4. The van der Waals surface area contributed by atoms with Gasteiger partial charge in [-0.05, 0) is 48.6 Å². The van der Waals surface area contributed by atoms with Crippen LogP contribution >= 0.6 is 11.6 Å². The van der Waals surface area contributed by atoms with Crippen LogP contribution in [0.5, 0.6) is 0 Å². The predicted octanol–water partition coefficient (Wildman–Crippen LogP) is 4.80. The zero-order valence-electron chi connectivity index (χ0n) is 10.1. The number of nitrogens with zero attached hydrogens (tertiary/aromatic N) is 1. The van der Waals surface area contributed by atoms with Gasteiger partial charge in [-0.1, -0.05) is 41.9 Å². The van der Waals surface area contributed by atoms with E-state index in [-0.39, 0.29) is 0 Å². The van der Waals surface area contributed by atoms with Gasteiger partial charge in [0, 0.05) is 10.7 Å². The fourth-order valence-electron chi connectivity index (χ4n) is 2.33. The third-order valence-electron chi connectivity index (χ3n) is 3.28. The van der Waals surface area contributed by atoms with E-state index < -0.39 is 0 Å². The number of benzene rings is 2. The van der Waals surface area contributed by atoms with Crippen LogP contribution in [0.3, 0.4) is 0 Å². The van der Waals surface area contributed by atoms with Crippen LogP contribution in [0.4, 0.5) is 5.69 Å². The average molecular weight is 256 g/mol. The molecular weight excluding hydrogens is 242 g/mol. The minimum absolute atomic E-state index is 0.772. The molecule has 0 aliphatic carbocycles. The molecule has 0 unspecified atom stereocenters. The zero-order valence-corrected chi connectivity index (χ0v) is 10.8. The first-order valence-corrected chi connectivity index (χ1v) is 6.62. The molecule has 0 radical (unpaired) electrons. The fourth-order valence-corrected chi connectivity index (χ4v) is 2.46. The molecule has 1 heterocycles. The SMILES string of the molecule is Clc1ccc(C2=Nc3ccccc3CCC2)cc1. The lowest BCUT2D eigenvalue weighted by Gasteiger charge is -2.04. The Labute approximate surface area is 112 Å². The highest BCUT2D eigenvalue weighted by molar-refractivity contribution is 6.30. The van der Waals surface area contributed by atoms with Crippen molar-refractivity contribution in [2.45, 2.75) is 19.3 Å². The third-order valence-corrected chi connectivity index (χ3v) is 3.54. The first-order chi connectivity index (χ1) is 8.83. The number of aliphatic imine (C=N–C) groups is 1. The summed E-state index contributed by atoms with van der Waals surface area (Å²) in [7, 11) is 0. The van der Waals surface area contributed by atoms with Gasteiger partial charge in [-0.2, -0.15) is 0 Å². The summed E-state index contributed by atoms with van der Waals surface area (Å²) in [5, 5.41) is 0.772. The Morgan fingerprint density at radius 1 is 0.889 bits per heavy atom. The normalized spacial score (nSPS) is 14.6. The number of hydrogen-bond donors (Lipinski definition) is 0. The van der Waals surface area contributed by atoms with Crippen molar-refractivity contribution in [1.29, 1.82) is 0 Å². The van der Waals surface area contributed by atoms with E-state index in [1.165, 1.54) is 11.1 Å². The summed E-state index contributed by atoms with van der Waals surface area (Å²) in [5.74, 6) is 0. The molecule has 0 atom stereocenters. The zero-order chi connectivity index (χ0) is 12.4. The Morgan fingerprint density at radius 3 is 2.50 bits per heavy atom. The molecule has 0 aromatic heterocycles. The molecule has 3 rings (SSSR count). The molecule has 2 aromatic carbocycles. The van der Waals surface area contributed by atoms with E-state index in [2.05, 4.69) is 30.3 Å². The number of rotatable bonds is 1. The van der Waals surface area contributed by atoms with E-state index >= 15 is 0 Å². The number of fused-ring (bicyclic) bond motifs is 1. The second-order valence-electron chi connectivity index (χ2n) is 4.55. The second kappa shape index (κ2) is 4.95. The minimum atomic E-state index is 0.772. The first kappa shape index (κ1) is 11.5. The predicted molar refractivity (Wildman–Crippen MR) is 77.0 cm³/mol. The highest BCUT2D eigenvalue weighted by atomic mass is 35.5. The topological polar surface area (TPSA) is 12.4 Å². The van der Waals surface area contributed by atoms with Gasteiger partial charge < -0.3 is 0 Å². The van der Waals surface area contributed by atoms with Crippen molar-refractivity contribution in [3.05, 3.63) is 64.7 Å². The average Bonchev–Trinajstić information content (AvgIpc) is 2.61. The van der Waals surface area contributed by atoms with Crippen LogP contribution in [0, 0.1) is 0 Å². The van der Waals surface area contributed by atoms with Crippen LogP contribution in [0.25, 0.3) is 0 Å². The van der Waals surface area contributed by atoms with Crippen molar-refractivity contribution in [2.24, 2.45) is 4.99 Å². The monoisotopic (exact) mass is 255 g/mol. The van der Waals surface area contributed by atoms with Crippen molar-refractivity contribution in [1.82, 2.24) is 0 Å². The molecule has 0 amide bonds. The minimum Gasteiger partial charge on any atom is -0.253 e. The molecule has 1 aliphatic heterocycles. The Bertz CT molecular complexity index is 584. The Balaban J connectivity index is 2.03. The van der Waals surface area contributed by atoms with Crippen molar-refractivity contribution in [2.75, 3.05) is 0 Å². The molecule has 0 saturated carbocycles. The van der Waals surface area contributed by atoms with Gasteiger partial charge in [0.25, 0.3) is 0 Å². The maximum absolute atomic E-state index is 5.92. The molecule has 0 bridgehead atoms. The smallest absolute Gasteiger partial charge is 0.0665 e. The summed E-state index contributed by atoms with van der Waals surface area (Å²) in [4.78, 5) is 4.81. The van der Waals surface area contributed by atoms with Gasteiger partial charge in [0.15, 0.2) is 0 Å². The Hall–Kier alpha value is -1.60. The summed E-state index contributed by atoms with van der Waals surface area (Å²) in [6.45, 7) is 0. The largest absolute Gasteiger partial charge is 0.253 e. The quantitative estimate of drug-likeness (QED) is 0.694. The van der Waals surface area contributed by atoms with E-state index in [0.717, 1.165) is 35.7 Å². The maximum atomic E-state index is 5.92. The molecular formula is C16H14ClN. The van der Waals surface area contributed by atoms with Crippen molar-refractivity contribution < 1.29 is 0 Å². The van der Waals surface area contributed by atoms with Crippen LogP contribution < -0.4 is 0 Å². The van der Waals surface area contributed by atoms with Crippen molar-refractivity contribution in [3.63, 3.8) is 0 Å². The van der Waals surface area contributed by atoms with Crippen molar-refractivity contribution >= 4 is 23.0 Å². The van der Waals surface area contributed by atoms with E-state index in [1.807, 2.05) is 18.2 Å². The molecule has 18 heavy (non-hydrogen) atoms. The van der Waals surface area contributed by atoms with Gasteiger partial charge in [0.1, 0.15) is 0 Å². The lowest BCUT2D eigenvalue weighted by molar-refractivity contribution is 0.878. The highest BCUT2D eigenvalue weighted by Crippen LogP contribution is 2.26. The van der Waals surface area contributed by atoms with E-state index in [9.17, 15) is 0 Å². The van der Waals surface area contributed by atoms with E-state index in [1.54, 1.807) is 0 Å². The molecule has 0 fully saturated rings. The Morgan fingerprint density at radius 2 is 1.67 bits per heavy atom. The van der Waals surface area contributed by atoms with E-state index in [4.69, 9.17) is 16.6 Å². The van der Waals surface area contributed by atoms with Crippen LogP contribution in [0.15, 0.2) is 53.5 Å². The van der Waals surface area contributed by atoms with Gasteiger partial charge in [0.2, 0.25) is 0 Å². The lowest BCUT2D eigenvalue weighted by Crippen LogP contribution is -1.99. The molecule has 0 spiro atoms. The number of para-hydroxylation sites is 1. The van der Waals surface area contributed by atoms with Crippen LogP contribution in [-0.2, 0) is 6.42 Å². The van der Waals surface area contributed by atoms with Gasteiger partial charge in [-0.25, -0.2) is 0 Å². The van der Waals surface area contributed by atoms with Gasteiger partial charge in [-0.3, -0.25) is 4.99 Å². The number of halogens is 1. The van der Waals surface area contributed by atoms with Gasteiger partial charge in [-0.15, -0.1) is 0 Å². The molecule has 2 aromatic rings. The standard InChI is InChI=1S/C16H14ClN/c17-14-10-8-13(9-11-14)16-7-3-5-12-4-1-2-6-15(12)18-16/h1-2,4,6,8-11H,3,5,7H2. The van der Waals surface area contributed by atoms with Gasteiger partial charge >= 0.3 is 0 Å². The second-order valence-corrected chi connectivity index (χ2v) is 4.98. The summed E-state index contributed by atoms with van der Waals surface area (Å²) in [5.41, 5.74) is 4.80. The molecule has 0 N–H and O–H groups in total. The fraction of sp³-hybridized carbons (Fsp3) is 0.188. The third kappa shape index (κ3) is 2.32. The first-order valence-electron chi connectivity index (χ1n) is 6.24. The van der Waals surface area contributed by atoms with E-state index in [0.29, 0.717) is 0 Å². The molecule has 2 heteroatoms. The summed E-state index contributed by atoms with van der Waals surface area (Å²) < 4.78 is 0. The van der Waals surface area contributed by atoms with Crippen LogP contribution in [-0.4, -0.2) is 5.71 Å². The number of hydrogen-bond acceptors (Lipinski definition) is 1. The van der Waals surface area contributed by atoms with Crippen LogP contribution in [0.1, 0.15) is 24.0 Å². The molecule has 0 saturated heterocycles. The number of aryl methyl sites for hydroxylation is 1. The van der Waals surface area contributed by atoms with Crippen LogP contribution in [0.2, 0.25) is 5.02 Å². The molecule has 90 valence electrons. The summed E-state index contributed by atoms with van der Waals surface area (Å²) in [6.07, 6.45) is 3.28. The molecule has 1 nitrogen and oxygen atoms in total. The highest BCUT2D eigenvalue weighted by Gasteiger charge is 2.11. The lowest BCUT2D eigenvalue weighted by atomic mass is 10.0. The Kier molecular flexibility index (Phi) is 3.16. The van der Waals surface area contributed by atoms with Crippen molar-refractivity contribution in [3.8, 4) is 0 Å². The maximum Gasteiger partial charge on any atom is 0.0665 e. The summed E-state index contributed by atoms with van der Waals surface area (Å²) >= 11 is 5.92.